The first-order valence-electron chi connectivity index (χ1n) is 5.01. The third-order valence-corrected chi connectivity index (χ3v) is 2.10. The summed E-state index contributed by atoms with van der Waals surface area (Å²) in [5.74, 6) is -1.65. The van der Waals surface area contributed by atoms with E-state index in [0.29, 0.717) is 0 Å². The van der Waals surface area contributed by atoms with Gasteiger partial charge < -0.3 is 10.5 Å². The standard InChI is InChI=1S/C10H7F6N3O/c11-9(12,13)7-5(4-18)3-6(1-2-17)19-8(7)20-10(14,15)16/h3H,1,4,18H2. The number of alkyl halides is 6. The van der Waals surface area contributed by atoms with E-state index in [1.807, 2.05) is 0 Å². The number of hydrogen-bond acceptors (Lipinski definition) is 4. The van der Waals surface area contributed by atoms with Gasteiger partial charge in [-0.3, -0.25) is 0 Å². The highest BCUT2D eigenvalue weighted by Gasteiger charge is 2.42. The number of nitriles is 1. The molecule has 0 saturated carbocycles. The zero-order valence-corrected chi connectivity index (χ0v) is 9.64. The molecule has 0 aromatic carbocycles. The molecule has 0 spiro atoms. The molecule has 0 radical (unpaired) electrons. The minimum atomic E-state index is -5.34. The molecule has 1 heterocycles. The molecule has 1 aromatic rings. The first kappa shape index (κ1) is 16.0. The van der Waals surface area contributed by atoms with Crippen molar-refractivity contribution in [2.75, 3.05) is 0 Å². The number of pyridine rings is 1. The third kappa shape index (κ3) is 3.99. The second-order valence-electron chi connectivity index (χ2n) is 3.54. The van der Waals surface area contributed by atoms with Crippen molar-refractivity contribution < 1.29 is 31.1 Å². The summed E-state index contributed by atoms with van der Waals surface area (Å²) in [5.41, 5.74) is 2.48. The molecule has 1 rings (SSSR count). The highest BCUT2D eigenvalue weighted by atomic mass is 19.4. The molecule has 110 valence electrons. The summed E-state index contributed by atoms with van der Waals surface area (Å²) in [4.78, 5) is 3.08. The first-order chi connectivity index (χ1) is 9.08. The highest BCUT2D eigenvalue weighted by Crippen LogP contribution is 2.39. The topological polar surface area (TPSA) is 71.9 Å². The van der Waals surface area contributed by atoms with Gasteiger partial charge in [0, 0.05) is 6.54 Å². The number of nitrogens with zero attached hydrogens (tertiary/aromatic N) is 2. The second-order valence-corrected chi connectivity index (χ2v) is 3.54. The van der Waals surface area contributed by atoms with E-state index in [1.165, 1.54) is 0 Å². The van der Waals surface area contributed by atoms with Crippen LogP contribution >= 0.6 is 0 Å². The van der Waals surface area contributed by atoms with Crippen LogP contribution in [-0.4, -0.2) is 11.3 Å². The summed E-state index contributed by atoms with van der Waals surface area (Å²) in [6.45, 7) is -0.677. The maximum absolute atomic E-state index is 12.8. The first-order valence-corrected chi connectivity index (χ1v) is 5.01. The molecule has 0 aliphatic carbocycles. The number of halogens is 6. The van der Waals surface area contributed by atoms with E-state index in [0.717, 1.165) is 6.07 Å². The van der Waals surface area contributed by atoms with Gasteiger partial charge >= 0.3 is 12.5 Å². The van der Waals surface area contributed by atoms with Crippen LogP contribution in [-0.2, 0) is 19.1 Å². The Labute approximate surface area is 108 Å². The Kier molecular flexibility index (Phi) is 4.44. The van der Waals surface area contributed by atoms with Crippen molar-refractivity contribution in [3.8, 4) is 11.9 Å². The van der Waals surface area contributed by atoms with Crippen molar-refractivity contribution >= 4 is 0 Å². The molecule has 0 unspecified atom stereocenters. The average molecular weight is 299 g/mol. The fourth-order valence-electron chi connectivity index (χ4n) is 1.45. The number of aromatic nitrogens is 1. The Morgan fingerprint density at radius 1 is 1.25 bits per heavy atom. The zero-order valence-electron chi connectivity index (χ0n) is 9.64. The van der Waals surface area contributed by atoms with Crippen molar-refractivity contribution in [2.24, 2.45) is 5.73 Å². The van der Waals surface area contributed by atoms with E-state index in [-0.39, 0.29) is 5.69 Å². The summed E-state index contributed by atoms with van der Waals surface area (Å²) in [6.07, 6.45) is -10.9. The van der Waals surface area contributed by atoms with Gasteiger partial charge in [0.2, 0.25) is 5.88 Å². The summed E-state index contributed by atoms with van der Waals surface area (Å²) in [6, 6.07) is 2.39. The SMILES string of the molecule is N#CCc1cc(CN)c(C(F)(F)F)c(OC(F)(F)F)n1. The van der Waals surface area contributed by atoms with Crippen molar-refractivity contribution in [3.05, 3.63) is 22.9 Å². The number of nitrogens with two attached hydrogens (primary N) is 1. The molecule has 0 bridgehead atoms. The van der Waals surface area contributed by atoms with Gasteiger partial charge in [0.15, 0.2) is 0 Å². The van der Waals surface area contributed by atoms with Gasteiger partial charge in [-0.2, -0.15) is 18.4 Å². The summed E-state index contributed by atoms with van der Waals surface area (Å²) in [5, 5.41) is 8.43. The van der Waals surface area contributed by atoms with E-state index < -0.39 is 42.5 Å². The Morgan fingerprint density at radius 2 is 1.85 bits per heavy atom. The van der Waals surface area contributed by atoms with E-state index in [9.17, 15) is 26.3 Å². The highest BCUT2D eigenvalue weighted by molar-refractivity contribution is 5.40. The van der Waals surface area contributed by atoms with Crippen LogP contribution in [0, 0.1) is 11.3 Å². The molecule has 1 aromatic heterocycles. The molecular formula is C10H7F6N3O. The maximum Gasteiger partial charge on any atom is 0.574 e. The van der Waals surface area contributed by atoms with E-state index in [1.54, 1.807) is 6.07 Å². The van der Waals surface area contributed by atoms with E-state index >= 15 is 0 Å². The van der Waals surface area contributed by atoms with E-state index in [2.05, 4.69) is 9.72 Å². The lowest BCUT2D eigenvalue weighted by atomic mass is 10.1. The average Bonchev–Trinajstić information content (AvgIpc) is 2.24. The lowest BCUT2D eigenvalue weighted by Crippen LogP contribution is -2.23. The van der Waals surface area contributed by atoms with Crippen LogP contribution in [0.3, 0.4) is 0 Å². The van der Waals surface area contributed by atoms with Crippen LogP contribution in [0.5, 0.6) is 5.88 Å². The van der Waals surface area contributed by atoms with E-state index in [4.69, 9.17) is 11.0 Å². The van der Waals surface area contributed by atoms with Crippen molar-refractivity contribution in [1.82, 2.24) is 4.98 Å². The quantitative estimate of drug-likeness (QED) is 0.870. The molecule has 0 amide bonds. The Bertz CT molecular complexity index is 532. The normalized spacial score (nSPS) is 12.1. The fraction of sp³-hybridized carbons (Fsp3) is 0.400. The third-order valence-electron chi connectivity index (χ3n) is 2.10. The number of rotatable bonds is 3. The Balaban J connectivity index is 3.49. The monoisotopic (exact) mass is 299 g/mol. The van der Waals surface area contributed by atoms with Gasteiger partial charge in [-0.05, 0) is 11.6 Å². The molecular weight excluding hydrogens is 292 g/mol. The number of hydrogen-bond donors (Lipinski definition) is 1. The number of ether oxygens (including phenoxy) is 1. The Hall–Kier alpha value is -2.02. The van der Waals surface area contributed by atoms with Crippen molar-refractivity contribution in [2.45, 2.75) is 25.5 Å². The minimum Gasteiger partial charge on any atom is -0.387 e. The zero-order chi connectivity index (χ0) is 15.6. The van der Waals surface area contributed by atoms with Crippen LogP contribution in [0.4, 0.5) is 26.3 Å². The molecule has 0 saturated heterocycles. The predicted molar refractivity (Wildman–Crippen MR) is 53.1 cm³/mol. The van der Waals surface area contributed by atoms with Crippen LogP contribution in [0.1, 0.15) is 16.8 Å². The van der Waals surface area contributed by atoms with Crippen molar-refractivity contribution in [3.63, 3.8) is 0 Å². The fourth-order valence-corrected chi connectivity index (χ4v) is 1.45. The Morgan fingerprint density at radius 3 is 2.25 bits per heavy atom. The summed E-state index contributed by atoms with van der Waals surface area (Å²) >= 11 is 0. The van der Waals surface area contributed by atoms with Crippen LogP contribution in [0.15, 0.2) is 6.07 Å². The maximum atomic E-state index is 12.8. The largest absolute Gasteiger partial charge is 0.574 e. The minimum absolute atomic E-state index is 0.291. The molecule has 0 aliphatic rings. The summed E-state index contributed by atoms with van der Waals surface area (Å²) < 4.78 is 78.0. The van der Waals surface area contributed by atoms with Crippen molar-refractivity contribution in [1.29, 1.82) is 5.26 Å². The molecule has 0 aliphatic heterocycles. The van der Waals surface area contributed by atoms with Crippen LogP contribution in [0.2, 0.25) is 0 Å². The lowest BCUT2D eigenvalue weighted by molar-refractivity contribution is -0.278. The van der Waals surface area contributed by atoms with Gasteiger partial charge in [0.05, 0.1) is 18.2 Å². The summed E-state index contributed by atoms with van der Waals surface area (Å²) in [7, 11) is 0. The second kappa shape index (κ2) is 5.54. The predicted octanol–water partition coefficient (Wildman–Crippen LogP) is 2.52. The molecule has 2 N–H and O–H groups in total. The van der Waals surface area contributed by atoms with Gasteiger partial charge in [0.1, 0.15) is 5.56 Å². The lowest BCUT2D eigenvalue weighted by Gasteiger charge is -2.18. The molecule has 10 heteroatoms. The smallest absolute Gasteiger partial charge is 0.387 e. The van der Waals surface area contributed by atoms with Crippen LogP contribution < -0.4 is 10.5 Å². The van der Waals surface area contributed by atoms with Gasteiger partial charge in [0.25, 0.3) is 0 Å². The van der Waals surface area contributed by atoms with Gasteiger partial charge in [-0.25, -0.2) is 4.98 Å². The van der Waals surface area contributed by atoms with Gasteiger partial charge in [-0.1, -0.05) is 0 Å². The van der Waals surface area contributed by atoms with Crippen LogP contribution in [0.25, 0.3) is 0 Å². The van der Waals surface area contributed by atoms with Gasteiger partial charge in [-0.15, -0.1) is 13.2 Å². The molecule has 4 nitrogen and oxygen atoms in total. The molecule has 20 heavy (non-hydrogen) atoms. The molecule has 0 fully saturated rings. The molecule has 0 atom stereocenters.